The van der Waals surface area contributed by atoms with E-state index in [1.54, 1.807) is 24.3 Å². The lowest BCUT2D eigenvalue weighted by atomic mass is 10.1. The Kier molecular flexibility index (Phi) is 4.15. The summed E-state index contributed by atoms with van der Waals surface area (Å²) in [5.74, 6) is 0.566. The van der Waals surface area contributed by atoms with Crippen LogP contribution in [0.5, 0.6) is 5.75 Å². The van der Waals surface area contributed by atoms with Gasteiger partial charge in [0.25, 0.3) is 10.0 Å². The summed E-state index contributed by atoms with van der Waals surface area (Å²) in [6.45, 7) is 1.90. The first-order chi connectivity index (χ1) is 11.5. The Bertz CT molecular complexity index is 1000. The molecule has 0 fully saturated rings. The molecule has 0 aliphatic heterocycles. The number of carbonyl (C=O) groups is 1. The molecule has 1 heterocycles. The molecular weight excluding hydrogens is 326 g/mol. The number of aryl methyl sites for hydroxylation is 1. The first-order valence-corrected chi connectivity index (χ1v) is 8.95. The molecule has 0 aliphatic rings. The van der Waals surface area contributed by atoms with Crippen molar-refractivity contribution >= 4 is 27.2 Å². The van der Waals surface area contributed by atoms with Crippen molar-refractivity contribution < 1.29 is 17.9 Å². The van der Waals surface area contributed by atoms with Gasteiger partial charge in [0.1, 0.15) is 11.4 Å². The SMILES string of the molecule is CCc1c(C=O)n(S(=O)(=O)c2ccc(OC)cc2)c2ccccc12. The fourth-order valence-corrected chi connectivity index (χ4v) is 4.42. The third-order valence-electron chi connectivity index (χ3n) is 4.04. The average Bonchev–Trinajstić information content (AvgIpc) is 2.95. The summed E-state index contributed by atoms with van der Waals surface area (Å²) in [5, 5.41) is 0.777. The molecule has 0 unspecified atom stereocenters. The van der Waals surface area contributed by atoms with Gasteiger partial charge in [0, 0.05) is 5.39 Å². The molecule has 0 amide bonds. The van der Waals surface area contributed by atoms with Gasteiger partial charge in [-0.3, -0.25) is 4.79 Å². The van der Waals surface area contributed by atoms with E-state index in [4.69, 9.17) is 4.74 Å². The van der Waals surface area contributed by atoms with Crippen LogP contribution in [0.4, 0.5) is 0 Å². The molecule has 0 radical (unpaired) electrons. The molecule has 0 N–H and O–H groups in total. The zero-order valence-electron chi connectivity index (χ0n) is 13.4. The number of methoxy groups -OCH3 is 1. The third-order valence-corrected chi connectivity index (χ3v) is 5.78. The van der Waals surface area contributed by atoms with Crippen LogP contribution in [0.25, 0.3) is 10.9 Å². The summed E-state index contributed by atoms with van der Waals surface area (Å²) in [6.07, 6.45) is 1.18. The smallest absolute Gasteiger partial charge is 0.268 e. The maximum Gasteiger partial charge on any atom is 0.268 e. The number of aldehydes is 1. The van der Waals surface area contributed by atoms with Crippen molar-refractivity contribution in [2.75, 3.05) is 7.11 Å². The van der Waals surface area contributed by atoms with Gasteiger partial charge in [-0.1, -0.05) is 25.1 Å². The third kappa shape index (κ3) is 2.39. The van der Waals surface area contributed by atoms with E-state index >= 15 is 0 Å². The van der Waals surface area contributed by atoms with Crippen LogP contribution in [-0.2, 0) is 16.4 Å². The second kappa shape index (κ2) is 6.13. The predicted molar refractivity (Wildman–Crippen MR) is 92.3 cm³/mol. The van der Waals surface area contributed by atoms with Crippen molar-refractivity contribution in [3.8, 4) is 5.75 Å². The van der Waals surface area contributed by atoms with Crippen molar-refractivity contribution in [1.29, 1.82) is 0 Å². The minimum Gasteiger partial charge on any atom is -0.497 e. The van der Waals surface area contributed by atoms with Crippen molar-refractivity contribution in [1.82, 2.24) is 3.97 Å². The van der Waals surface area contributed by atoms with E-state index in [2.05, 4.69) is 0 Å². The average molecular weight is 343 g/mol. The maximum atomic E-state index is 13.1. The molecule has 0 atom stereocenters. The summed E-state index contributed by atoms with van der Waals surface area (Å²) in [4.78, 5) is 11.8. The van der Waals surface area contributed by atoms with Gasteiger partial charge < -0.3 is 4.74 Å². The molecule has 5 nitrogen and oxygen atoms in total. The molecule has 2 aromatic carbocycles. The normalized spacial score (nSPS) is 11.6. The number of aromatic nitrogens is 1. The Labute approximate surface area is 140 Å². The summed E-state index contributed by atoms with van der Waals surface area (Å²) in [6, 6.07) is 13.3. The van der Waals surface area contributed by atoms with Crippen LogP contribution in [0.15, 0.2) is 53.4 Å². The lowest BCUT2D eigenvalue weighted by Crippen LogP contribution is -2.16. The highest BCUT2D eigenvalue weighted by Crippen LogP contribution is 2.30. The molecular formula is C18H17NO4S. The van der Waals surface area contributed by atoms with Gasteiger partial charge in [0.2, 0.25) is 0 Å². The Morgan fingerprint density at radius 2 is 1.75 bits per heavy atom. The molecule has 6 heteroatoms. The first-order valence-electron chi connectivity index (χ1n) is 7.51. The van der Waals surface area contributed by atoms with Gasteiger partial charge in [-0.25, -0.2) is 12.4 Å². The zero-order chi connectivity index (χ0) is 17.3. The van der Waals surface area contributed by atoms with Crippen molar-refractivity contribution in [3.05, 3.63) is 59.8 Å². The lowest BCUT2D eigenvalue weighted by Gasteiger charge is -2.10. The Hall–Kier alpha value is -2.60. The number of carbonyl (C=O) groups excluding carboxylic acids is 1. The van der Waals surface area contributed by atoms with Gasteiger partial charge in [-0.2, -0.15) is 0 Å². The Balaban J connectivity index is 2.33. The predicted octanol–water partition coefficient (Wildman–Crippen LogP) is 3.26. The second-order valence-corrected chi connectivity index (χ2v) is 7.08. The van der Waals surface area contributed by atoms with Gasteiger partial charge in [0.15, 0.2) is 6.29 Å². The van der Waals surface area contributed by atoms with Gasteiger partial charge in [-0.15, -0.1) is 0 Å². The summed E-state index contributed by atoms with van der Waals surface area (Å²) < 4.78 is 32.4. The van der Waals surface area contributed by atoms with Crippen LogP contribution in [0.3, 0.4) is 0 Å². The Morgan fingerprint density at radius 3 is 2.33 bits per heavy atom. The number of ether oxygens (including phenoxy) is 1. The number of nitrogens with zero attached hydrogens (tertiary/aromatic N) is 1. The fourth-order valence-electron chi connectivity index (χ4n) is 2.90. The van der Waals surface area contributed by atoms with Crippen LogP contribution < -0.4 is 4.74 Å². The maximum absolute atomic E-state index is 13.1. The van der Waals surface area contributed by atoms with Gasteiger partial charge in [0.05, 0.1) is 17.5 Å². The molecule has 0 aliphatic carbocycles. The van der Waals surface area contributed by atoms with Crippen LogP contribution in [0, 0.1) is 0 Å². The second-order valence-electron chi connectivity index (χ2n) is 5.30. The molecule has 1 aromatic heterocycles. The number of rotatable bonds is 5. The molecule has 24 heavy (non-hydrogen) atoms. The van der Waals surface area contributed by atoms with E-state index in [0.29, 0.717) is 24.0 Å². The van der Waals surface area contributed by atoms with E-state index in [0.717, 1.165) is 14.9 Å². The topological polar surface area (TPSA) is 65.4 Å². The van der Waals surface area contributed by atoms with Crippen molar-refractivity contribution in [2.45, 2.75) is 18.2 Å². The quantitative estimate of drug-likeness (QED) is 0.667. The highest BCUT2D eigenvalue weighted by molar-refractivity contribution is 7.90. The molecule has 124 valence electrons. The number of para-hydroxylation sites is 1. The van der Waals surface area contributed by atoms with Crippen molar-refractivity contribution in [2.24, 2.45) is 0 Å². The van der Waals surface area contributed by atoms with E-state index in [9.17, 15) is 13.2 Å². The summed E-state index contributed by atoms with van der Waals surface area (Å²) in [5.41, 5.74) is 1.42. The van der Waals surface area contributed by atoms with Crippen LogP contribution in [0.1, 0.15) is 23.0 Å². The first kappa shape index (κ1) is 16.3. The standard InChI is InChI=1S/C18H17NO4S/c1-3-15-16-6-4-5-7-17(16)19(18(15)12-20)24(21,22)14-10-8-13(23-2)9-11-14/h4-12H,3H2,1-2H3. The zero-order valence-corrected chi connectivity index (χ0v) is 14.2. The van der Waals surface area contributed by atoms with E-state index in [1.807, 2.05) is 19.1 Å². The minimum absolute atomic E-state index is 0.106. The summed E-state index contributed by atoms with van der Waals surface area (Å²) in [7, 11) is -2.38. The van der Waals surface area contributed by atoms with Crippen molar-refractivity contribution in [3.63, 3.8) is 0 Å². The number of benzene rings is 2. The van der Waals surface area contributed by atoms with E-state index in [-0.39, 0.29) is 10.6 Å². The number of fused-ring (bicyclic) bond motifs is 1. The van der Waals surface area contributed by atoms with Crippen LogP contribution >= 0.6 is 0 Å². The van der Waals surface area contributed by atoms with Crippen LogP contribution in [0.2, 0.25) is 0 Å². The van der Waals surface area contributed by atoms with Crippen LogP contribution in [-0.4, -0.2) is 25.8 Å². The fraction of sp³-hybridized carbons (Fsp3) is 0.167. The molecule has 0 spiro atoms. The molecule has 3 rings (SSSR count). The van der Waals surface area contributed by atoms with E-state index in [1.165, 1.54) is 19.2 Å². The van der Waals surface area contributed by atoms with Gasteiger partial charge in [-0.05, 0) is 42.3 Å². The monoisotopic (exact) mass is 343 g/mol. The lowest BCUT2D eigenvalue weighted by molar-refractivity contribution is 0.111. The summed E-state index contributed by atoms with van der Waals surface area (Å²) >= 11 is 0. The number of hydrogen-bond acceptors (Lipinski definition) is 4. The number of hydrogen-bond donors (Lipinski definition) is 0. The van der Waals surface area contributed by atoms with Gasteiger partial charge >= 0.3 is 0 Å². The minimum atomic E-state index is -3.89. The highest BCUT2D eigenvalue weighted by atomic mass is 32.2. The Morgan fingerprint density at radius 1 is 1.08 bits per heavy atom. The molecule has 3 aromatic rings. The van der Waals surface area contributed by atoms with E-state index < -0.39 is 10.0 Å². The molecule has 0 saturated carbocycles. The largest absolute Gasteiger partial charge is 0.497 e. The molecule has 0 saturated heterocycles. The highest BCUT2D eigenvalue weighted by Gasteiger charge is 2.25. The molecule has 0 bridgehead atoms.